The number of carbonyl (C=O) groups excluding carboxylic acids is 1. The van der Waals surface area contributed by atoms with E-state index in [2.05, 4.69) is 15.4 Å². The fraction of sp³-hybridized carbons (Fsp3) is 0.500. The van der Waals surface area contributed by atoms with Crippen LogP contribution in [-0.2, 0) is 7.05 Å². The average molecular weight is 169 g/mol. The molecule has 6 heteroatoms. The summed E-state index contributed by atoms with van der Waals surface area (Å²) < 4.78 is 1.41. The van der Waals surface area contributed by atoms with Crippen molar-refractivity contribution in [2.75, 3.05) is 13.1 Å². The Bertz CT molecular complexity index is 269. The largest absolute Gasteiger partial charge is 0.348 e. The quantitative estimate of drug-likeness (QED) is 0.576. The van der Waals surface area contributed by atoms with Gasteiger partial charge in [0.2, 0.25) is 5.82 Å². The monoisotopic (exact) mass is 169 g/mol. The Balaban J connectivity index is 2.59. The molecule has 66 valence electrons. The van der Waals surface area contributed by atoms with Crippen molar-refractivity contribution in [3.05, 3.63) is 12.2 Å². The molecule has 3 N–H and O–H groups in total. The van der Waals surface area contributed by atoms with Crippen LogP contribution < -0.4 is 11.1 Å². The third-order valence-electron chi connectivity index (χ3n) is 1.34. The number of aromatic nitrogens is 3. The van der Waals surface area contributed by atoms with E-state index in [9.17, 15) is 4.79 Å². The Morgan fingerprint density at radius 2 is 2.58 bits per heavy atom. The number of hydrogen-bond donors (Lipinski definition) is 2. The van der Waals surface area contributed by atoms with Crippen LogP contribution in [0.15, 0.2) is 6.33 Å². The Morgan fingerprint density at radius 1 is 1.83 bits per heavy atom. The molecule has 0 aliphatic carbocycles. The molecule has 0 aromatic carbocycles. The number of nitrogens with two attached hydrogens (primary N) is 1. The second-order valence-electron chi connectivity index (χ2n) is 2.25. The van der Waals surface area contributed by atoms with Gasteiger partial charge < -0.3 is 11.1 Å². The van der Waals surface area contributed by atoms with E-state index in [-0.39, 0.29) is 5.91 Å². The van der Waals surface area contributed by atoms with Crippen molar-refractivity contribution in [2.24, 2.45) is 12.8 Å². The van der Waals surface area contributed by atoms with Crippen LogP contribution in [0.2, 0.25) is 0 Å². The second kappa shape index (κ2) is 3.82. The molecule has 0 aliphatic rings. The zero-order chi connectivity index (χ0) is 8.97. The van der Waals surface area contributed by atoms with Gasteiger partial charge >= 0.3 is 0 Å². The van der Waals surface area contributed by atoms with Gasteiger partial charge in [-0.3, -0.25) is 4.79 Å². The summed E-state index contributed by atoms with van der Waals surface area (Å²) in [5, 5.41) is 6.35. The van der Waals surface area contributed by atoms with Crippen molar-refractivity contribution in [2.45, 2.75) is 0 Å². The summed E-state index contributed by atoms with van der Waals surface area (Å²) in [5.41, 5.74) is 5.21. The van der Waals surface area contributed by atoms with Crippen molar-refractivity contribution < 1.29 is 4.79 Å². The SMILES string of the molecule is Cn1ncnc1C(=O)NCCN. The van der Waals surface area contributed by atoms with Crippen LogP contribution in [0.1, 0.15) is 10.6 Å². The molecule has 0 aliphatic heterocycles. The molecule has 0 radical (unpaired) electrons. The molecule has 12 heavy (non-hydrogen) atoms. The first-order chi connectivity index (χ1) is 5.75. The number of nitrogens with zero attached hydrogens (tertiary/aromatic N) is 3. The maximum Gasteiger partial charge on any atom is 0.288 e. The Morgan fingerprint density at radius 3 is 3.08 bits per heavy atom. The van der Waals surface area contributed by atoms with Gasteiger partial charge in [0.1, 0.15) is 6.33 Å². The molecule has 1 heterocycles. The smallest absolute Gasteiger partial charge is 0.288 e. The summed E-state index contributed by atoms with van der Waals surface area (Å²) >= 11 is 0. The topological polar surface area (TPSA) is 85.8 Å². The molecule has 0 bridgehead atoms. The lowest BCUT2D eigenvalue weighted by Crippen LogP contribution is -2.31. The highest BCUT2D eigenvalue weighted by Crippen LogP contribution is 1.88. The van der Waals surface area contributed by atoms with Gasteiger partial charge in [-0.05, 0) is 0 Å². The van der Waals surface area contributed by atoms with E-state index in [1.165, 1.54) is 11.0 Å². The summed E-state index contributed by atoms with van der Waals surface area (Å²) in [6.45, 7) is 0.870. The Kier molecular flexibility index (Phi) is 2.76. The van der Waals surface area contributed by atoms with E-state index < -0.39 is 0 Å². The van der Waals surface area contributed by atoms with Crippen molar-refractivity contribution in [1.29, 1.82) is 0 Å². The molecular formula is C6H11N5O. The molecule has 0 spiro atoms. The number of rotatable bonds is 3. The van der Waals surface area contributed by atoms with Crippen LogP contribution in [0.4, 0.5) is 0 Å². The Labute approximate surface area is 69.8 Å². The Hall–Kier alpha value is -1.43. The second-order valence-corrected chi connectivity index (χ2v) is 2.25. The van der Waals surface area contributed by atoms with E-state index in [4.69, 9.17) is 5.73 Å². The first-order valence-electron chi connectivity index (χ1n) is 3.58. The molecule has 0 unspecified atom stereocenters. The summed E-state index contributed by atoms with van der Waals surface area (Å²) in [5.74, 6) is 0.0453. The number of nitrogens with one attached hydrogen (secondary N) is 1. The molecule has 1 amide bonds. The third-order valence-corrected chi connectivity index (χ3v) is 1.34. The summed E-state index contributed by atoms with van der Waals surface area (Å²) in [4.78, 5) is 15.0. The van der Waals surface area contributed by atoms with Crippen molar-refractivity contribution in [3.8, 4) is 0 Å². The lowest BCUT2D eigenvalue weighted by molar-refractivity contribution is 0.0940. The van der Waals surface area contributed by atoms with Gasteiger partial charge in [0.25, 0.3) is 5.91 Å². The first kappa shape index (κ1) is 8.66. The van der Waals surface area contributed by atoms with Gasteiger partial charge in [-0.15, -0.1) is 0 Å². The summed E-state index contributed by atoms with van der Waals surface area (Å²) in [6, 6.07) is 0. The summed E-state index contributed by atoms with van der Waals surface area (Å²) in [6.07, 6.45) is 1.33. The van der Waals surface area contributed by atoms with Crippen molar-refractivity contribution in [3.63, 3.8) is 0 Å². The zero-order valence-electron chi connectivity index (χ0n) is 6.82. The normalized spacial score (nSPS) is 9.83. The van der Waals surface area contributed by atoms with Crippen molar-refractivity contribution in [1.82, 2.24) is 20.1 Å². The number of hydrogen-bond acceptors (Lipinski definition) is 4. The highest BCUT2D eigenvalue weighted by Gasteiger charge is 2.09. The third kappa shape index (κ3) is 1.79. The van der Waals surface area contributed by atoms with Crippen LogP contribution in [0.25, 0.3) is 0 Å². The molecule has 6 nitrogen and oxygen atoms in total. The fourth-order valence-corrected chi connectivity index (χ4v) is 0.767. The molecular weight excluding hydrogens is 158 g/mol. The average Bonchev–Trinajstić information content (AvgIpc) is 2.47. The first-order valence-corrected chi connectivity index (χ1v) is 3.58. The van der Waals surface area contributed by atoms with Crippen LogP contribution in [0.3, 0.4) is 0 Å². The van der Waals surface area contributed by atoms with E-state index in [1.54, 1.807) is 7.05 Å². The molecule has 1 rings (SSSR count). The molecule has 0 saturated carbocycles. The maximum atomic E-state index is 11.2. The maximum absolute atomic E-state index is 11.2. The minimum absolute atomic E-state index is 0.250. The van der Waals surface area contributed by atoms with E-state index in [0.29, 0.717) is 18.9 Å². The number of amides is 1. The van der Waals surface area contributed by atoms with Gasteiger partial charge in [-0.25, -0.2) is 9.67 Å². The standard InChI is InChI=1S/C6H11N5O/c1-11-5(9-4-10-11)6(12)8-3-2-7/h4H,2-3,7H2,1H3,(H,8,12). The number of aryl methyl sites for hydroxylation is 1. The molecule has 1 aromatic heterocycles. The van der Waals surface area contributed by atoms with E-state index in [0.717, 1.165) is 0 Å². The highest BCUT2D eigenvalue weighted by molar-refractivity contribution is 5.90. The van der Waals surface area contributed by atoms with Gasteiger partial charge in [-0.2, -0.15) is 5.10 Å². The van der Waals surface area contributed by atoms with E-state index in [1.807, 2.05) is 0 Å². The minimum Gasteiger partial charge on any atom is -0.348 e. The van der Waals surface area contributed by atoms with E-state index >= 15 is 0 Å². The predicted molar refractivity (Wildman–Crippen MR) is 42.4 cm³/mol. The van der Waals surface area contributed by atoms with Crippen molar-refractivity contribution >= 4 is 5.91 Å². The molecule has 0 saturated heterocycles. The van der Waals surface area contributed by atoms with Crippen LogP contribution in [-0.4, -0.2) is 33.8 Å². The molecule has 0 fully saturated rings. The van der Waals surface area contributed by atoms with Crippen LogP contribution in [0, 0.1) is 0 Å². The molecule has 0 atom stereocenters. The van der Waals surface area contributed by atoms with Crippen LogP contribution in [0.5, 0.6) is 0 Å². The highest BCUT2D eigenvalue weighted by atomic mass is 16.2. The predicted octanol–water partition coefficient (Wildman–Crippen LogP) is -1.50. The van der Waals surface area contributed by atoms with Crippen LogP contribution >= 0.6 is 0 Å². The molecule has 1 aromatic rings. The summed E-state index contributed by atoms with van der Waals surface area (Å²) in [7, 11) is 1.66. The van der Waals surface area contributed by atoms with Gasteiger partial charge in [0.15, 0.2) is 0 Å². The minimum atomic E-state index is -0.250. The van der Waals surface area contributed by atoms with Gasteiger partial charge in [-0.1, -0.05) is 0 Å². The number of carbonyl (C=O) groups is 1. The lowest BCUT2D eigenvalue weighted by atomic mass is 10.5. The lowest BCUT2D eigenvalue weighted by Gasteiger charge is -2.00. The van der Waals surface area contributed by atoms with Gasteiger partial charge in [0, 0.05) is 20.1 Å². The zero-order valence-corrected chi connectivity index (χ0v) is 6.82. The fourth-order valence-electron chi connectivity index (χ4n) is 0.767. The van der Waals surface area contributed by atoms with Gasteiger partial charge in [0.05, 0.1) is 0 Å².